The van der Waals surface area contributed by atoms with E-state index in [0.717, 1.165) is 24.0 Å². The molecular weight excluding hydrogens is 308 g/mol. The number of nitriles is 3. The first-order valence-electron chi connectivity index (χ1n) is 6.99. The number of hydrogen-bond donors (Lipinski definition) is 1. The fraction of sp³-hybridized carbons (Fsp3) is 0.167. The zero-order valence-electron chi connectivity index (χ0n) is 12.3. The lowest BCUT2D eigenvalue weighted by molar-refractivity contribution is 1.03. The van der Waals surface area contributed by atoms with Gasteiger partial charge in [-0.15, -0.1) is 0 Å². The lowest BCUT2D eigenvalue weighted by Crippen LogP contribution is -2.06. The first-order valence-corrected chi connectivity index (χ1v) is 7.36. The molecule has 2 rings (SSSR count). The SMILES string of the molecule is N#CC(C#N)=C(N)/C(C#N)=C(\C=C/c1ccc(Cl)cc1)C1CC1. The molecule has 0 aliphatic heterocycles. The molecule has 0 heterocycles. The second-order valence-corrected chi connectivity index (χ2v) is 5.55. The summed E-state index contributed by atoms with van der Waals surface area (Å²) in [4.78, 5) is 0. The van der Waals surface area contributed by atoms with E-state index in [4.69, 9.17) is 27.9 Å². The highest BCUT2D eigenvalue weighted by molar-refractivity contribution is 6.30. The number of benzene rings is 1. The fourth-order valence-electron chi connectivity index (χ4n) is 2.13. The quantitative estimate of drug-likeness (QED) is 0.673. The Labute approximate surface area is 140 Å². The van der Waals surface area contributed by atoms with Crippen molar-refractivity contribution in [2.45, 2.75) is 12.8 Å². The average Bonchev–Trinajstić information content (AvgIpc) is 3.38. The Kier molecular flexibility index (Phi) is 5.21. The topological polar surface area (TPSA) is 97.4 Å². The number of hydrogen-bond acceptors (Lipinski definition) is 4. The molecule has 0 atom stereocenters. The molecule has 0 unspecified atom stereocenters. The normalized spacial score (nSPS) is 14.3. The molecule has 1 saturated carbocycles. The fourth-order valence-corrected chi connectivity index (χ4v) is 2.25. The third-order valence-corrected chi connectivity index (χ3v) is 3.76. The van der Waals surface area contributed by atoms with E-state index in [0.29, 0.717) is 5.02 Å². The van der Waals surface area contributed by atoms with Crippen LogP contribution in [0.2, 0.25) is 5.02 Å². The Hall–Kier alpha value is -3.00. The van der Waals surface area contributed by atoms with Gasteiger partial charge in [-0.25, -0.2) is 0 Å². The van der Waals surface area contributed by atoms with Gasteiger partial charge in [-0.3, -0.25) is 0 Å². The summed E-state index contributed by atoms with van der Waals surface area (Å²) in [5.41, 5.74) is 7.47. The minimum atomic E-state index is -0.236. The maximum absolute atomic E-state index is 9.42. The third-order valence-electron chi connectivity index (χ3n) is 3.51. The van der Waals surface area contributed by atoms with Crippen molar-refractivity contribution in [3.8, 4) is 18.2 Å². The van der Waals surface area contributed by atoms with Gasteiger partial charge in [0.05, 0.1) is 11.3 Å². The molecule has 5 heteroatoms. The second kappa shape index (κ2) is 7.32. The molecule has 1 aliphatic carbocycles. The van der Waals surface area contributed by atoms with Crippen LogP contribution in [0.3, 0.4) is 0 Å². The van der Waals surface area contributed by atoms with Gasteiger partial charge in [0.15, 0.2) is 5.57 Å². The summed E-state index contributed by atoms with van der Waals surface area (Å²) in [5.74, 6) is 0.241. The molecule has 1 fully saturated rings. The van der Waals surface area contributed by atoms with Crippen LogP contribution in [0.4, 0.5) is 0 Å². The van der Waals surface area contributed by atoms with Gasteiger partial charge in [0.2, 0.25) is 0 Å². The van der Waals surface area contributed by atoms with E-state index < -0.39 is 0 Å². The van der Waals surface area contributed by atoms with Crippen molar-refractivity contribution >= 4 is 17.7 Å². The highest BCUT2D eigenvalue weighted by atomic mass is 35.5. The van der Waals surface area contributed by atoms with E-state index >= 15 is 0 Å². The lowest BCUT2D eigenvalue weighted by atomic mass is 9.98. The largest absolute Gasteiger partial charge is 0.396 e. The minimum absolute atomic E-state index is 0.0554. The molecule has 1 aromatic rings. The van der Waals surface area contributed by atoms with Crippen molar-refractivity contribution in [1.29, 1.82) is 15.8 Å². The third kappa shape index (κ3) is 4.01. The summed E-state index contributed by atoms with van der Waals surface area (Å²) in [6, 6.07) is 12.8. The van der Waals surface area contributed by atoms with E-state index in [-0.39, 0.29) is 22.8 Å². The van der Waals surface area contributed by atoms with Crippen LogP contribution in [0.15, 0.2) is 52.8 Å². The van der Waals surface area contributed by atoms with Crippen LogP contribution in [-0.4, -0.2) is 0 Å². The summed E-state index contributed by atoms with van der Waals surface area (Å²) in [5, 5.41) is 28.0. The monoisotopic (exact) mass is 320 g/mol. The van der Waals surface area contributed by atoms with Crippen LogP contribution in [-0.2, 0) is 0 Å². The molecule has 0 radical (unpaired) electrons. The van der Waals surface area contributed by atoms with Crippen LogP contribution >= 0.6 is 11.6 Å². The van der Waals surface area contributed by atoms with Crippen molar-refractivity contribution in [2.75, 3.05) is 0 Å². The molecule has 4 nitrogen and oxygen atoms in total. The average molecular weight is 321 g/mol. The van der Waals surface area contributed by atoms with Crippen molar-refractivity contribution in [3.63, 3.8) is 0 Å². The Morgan fingerprint density at radius 1 is 1.09 bits per heavy atom. The van der Waals surface area contributed by atoms with Crippen LogP contribution < -0.4 is 5.73 Å². The maximum atomic E-state index is 9.42. The summed E-state index contributed by atoms with van der Waals surface area (Å²) >= 11 is 5.86. The first kappa shape index (κ1) is 16.4. The summed E-state index contributed by atoms with van der Waals surface area (Å²) < 4.78 is 0. The number of allylic oxidation sites excluding steroid dienone is 4. The van der Waals surface area contributed by atoms with Gasteiger partial charge in [-0.05, 0) is 42.0 Å². The highest BCUT2D eigenvalue weighted by Crippen LogP contribution is 2.40. The van der Waals surface area contributed by atoms with Gasteiger partial charge < -0.3 is 5.73 Å². The Bertz CT molecular complexity index is 804. The summed E-state index contributed by atoms with van der Waals surface area (Å²) in [7, 11) is 0. The van der Waals surface area contributed by atoms with Gasteiger partial charge in [0, 0.05) is 5.02 Å². The van der Waals surface area contributed by atoms with E-state index in [2.05, 4.69) is 0 Å². The van der Waals surface area contributed by atoms with Crippen molar-refractivity contribution in [3.05, 3.63) is 63.3 Å². The number of nitrogens with zero attached hydrogens (tertiary/aromatic N) is 3. The maximum Gasteiger partial charge on any atom is 0.153 e. The molecule has 2 N–H and O–H groups in total. The van der Waals surface area contributed by atoms with Crippen LogP contribution in [0.25, 0.3) is 6.08 Å². The zero-order valence-corrected chi connectivity index (χ0v) is 13.0. The molecule has 23 heavy (non-hydrogen) atoms. The molecule has 0 aromatic heterocycles. The molecule has 112 valence electrons. The van der Waals surface area contributed by atoms with Gasteiger partial charge >= 0.3 is 0 Å². The molecule has 0 bridgehead atoms. The zero-order chi connectivity index (χ0) is 16.8. The highest BCUT2D eigenvalue weighted by Gasteiger charge is 2.28. The van der Waals surface area contributed by atoms with Crippen molar-refractivity contribution < 1.29 is 0 Å². The molecular formula is C18H13ClN4. The van der Waals surface area contributed by atoms with Crippen molar-refractivity contribution in [2.24, 2.45) is 11.7 Å². The summed E-state index contributed by atoms with van der Waals surface area (Å²) in [6.07, 6.45) is 5.63. The van der Waals surface area contributed by atoms with Gasteiger partial charge in [-0.2, -0.15) is 15.8 Å². The lowest BCUT2D eigenvalue weighted by Gasteiger charge is -2.06. The summed E-state index contributed by atoms with van der Waals surface area (Å²) in [6.45, 7) is 0. The molecule has 1 aliphatic rings. The van der Waals surface area contributed by atoms with E-state index in [1.165, 1.54) is 0 Å². The van der Waals surface area contributed by atoms with Gasteiger partial charge in [0.1, 0.15) is 18.2 Å². The Balaban J connectivity index is 2.46. The van der Waals surface area contributed by atoms with E-state index in [1.807, 2.05) is 30.4 Å². The molecule has 0 amide bonds. The number of rotatable bonds is 4. The minimum Gasteiger partial charge on any atom is -0.396 e. The molecule has 0 spiro atoms. The van der Waals surface area contributed by atoms with Crippen LogP contribution in [0, 0.1) is 39.9 Å². The van der Waals surface area contributed by atoms with Crippen LogP contribution in [0.1, 0.15) is 18.4 Å². The van der Waals surface area contributed by atoms with E-state index in [1.54, 1.807) is 24.3 Å². The molecule has 1 aromatic carbocycles. The number of nitrogens with two attached hydrogens (primary N) is 1. The Morgan fingerprint density at radius 2 is 1.70 bits per heavy atom. The smallest absolute Gasteiger partial charge is 0.153 e. The first-order chi connectivity index (χ1) is 11.1. The second-order valence-electron chi connectivity index (χ2n) is 5.11. The predicted octanol–water partition coefficient (Wildman–Crippen LogP) is 3.84. The van der Waals surface area contributed by atoms with Gasteiger partial charge in [-0.1, -0.05) is 35.9 Å². The van der Waals surface area contributed by atoms with Crippen LogP contribution in [0.5, 0.6) is 0 Å². The molecule has 0 saturated heterocycles. The number of halogens is 1. The van der Waals surface area contributed by atoms with Gasteiger partial charge in [0.25, 0.3) is 0 Å². The standard InChI is InChI=1S/C18H13ClN4/c19-15-6-1-12(2-7-15)3-8-16(13-4-5-13)17(11-22)18(23)14(9-20)10-21/h1-3,6-8,13H,4-5,23H2/b8-3-,17-16+. The predicted molar refractivity (Wildman–Crippen MR) is 88.3 cm³/mol. The van der Waals surface area contributed by atoms with E-state index in [9.17, 15) is 5.26 Å². The Morgan fingerprint density at radius 3 is 2.17 bits per heavy atom. The van der Waals surface area contributed by atoms with Crippen molar-refractivity contribution in [1.82, 2.24) is 0 Å².